The van der Waals surface area contributed by atoms with E-state index in [-0.39, 0.29) is 24.2 Å². The van der Waals surface area contributed by atoms with Crippen molar-refractivity contribution in [3.8, 4) is 0 Å². The fourth-order valence-electron chi connectivity index (χ4n) is 2.89. The Kier molecular flexibility index (Phi) is 5.87. The van der Waals surface area contributed by atoms with Gasteiger partial charge in [-0.15, -0.1) is 12.4 Å². The van der Waals surface area contributed by atoms with Gasteiger partial charge in [-0.2, -0.15) is 0 Å². The predicted molar refractivity (Wildman–Crippen MR) is 85.5 cm³/mol. The van der Waals surface area contributed by atoms with Crippen molar-refractivity contribution in [1.82, 2.24) is 4.90 Å². The zero-order valence-electron chi connectivity index (χ0n) is 11.9. The maximum atomic E-state index is 12.8. The molecule has 1 aromatic carbocycles. The highest BCUT2D eigenvalue weighted by Crippen LogP contribution is 2.55. The summed E-state index contributed by atoms with van der Waals surface area (Å²) in [6.45, 7) is 6.05. The molecule has 2 atom stereocenters. The third-order valence-corrected chi connectivity index (χ3v) is 4.43. The van der Waals surface area contributed by atoms with E-state index in [1.165, 1.54) is 0 Å². The van der Waals surface area contributed by atoms with Gasteiger partial charge in [-0.1, -0.05) is 23.7 Å². The number of carbonyl (C=O) groups is 1. The van der Waals surface area contributed by atoms with Crippen molar-refractivity contribution in [2.45, 2.75) is 25.7 Å². The van der Waals surface area contributed by atoms with Crippen molar-refractivity contribution in [2.24, 2.45) is 11.7 Å². The standard InChI is InChI=1S/C15H21ClN2O.ClH/c1-3-18(4-2)14(19)15(9-12(15)10-17)11-5-7-13(16)8-6-11;/h5-8,12H,3-4,9-10,17H2,1-2H3;1H/t12?,15-;/m0./s1. The van der Waals surface area contributed by atoms with Gasteiger partial charge in [0.2, 0.25) is 5.91 Å². The van der Waals surface area contributed by atoms with Crippen LogP contribution in [0.5, 0.6) is 0 Å². The number of nitrogens with two attached hydrogens (primary N) is 1. The lowest BCUT2D eigenvalue weighted by Crippen LogP contribution is -2.40. The highest BCUT2D eigenvalue weighted by atomic mass is 35.5. The fraction of sp³-hybridized carbons (Fsp3) is 0.533. The van der Waals surface area contributed by atoms with Gasteiger partial charge in [-0.25, -0.2) is 0 Å². The number of carbonyl (C=O) groups excluding carboxylic acids is 1. The molecule has 0 radical (unpaired) electrons. The van der Waals surface area contributed by atoms with E-state index in [9.17, 15) is 4.79 Å². The van der Waals surface area contributed by atoms with Gasteiger partial charge in [0.05, 0.1) is 5.41 Å². The van der Waals surface area contributed by atoms with E-state index in [2.05, 4.69) is 0 Å². The first-order valence-corrected chi connectivity index (χ1v) is 7.23. The second kappa shape index (κ2) is 6.79. The van der Waals surface area contributed by atoms with Gasteiger partial charge in [0.15, 0.2) is 0 Å². The molecule has 2 N–H and O–H groups in total. The van der Waals surface area contributed by atoms with E-state index in [1.807, 2.05) is 43.0 Å². The molecule has 0 spiro atoms. The van der Waals surface area contributed by atoms with Gasteiger partial charge in [-0.05, 0) is 50.4 Å². The minimum atomic E-state index is -0.411. The van der Waals surface area contributed by atoms with Gasteiger partial charge in [-0.3, -0.25) is 4.79 Å². The lowest BCUT2D eigenvalue weighted by molar-refractivity contribution is -0.134. The van der Waals surface area contributed by atoms with Crippen molar-refractivity contribution in [2.75, 3.05) is 19.6 Å². The molecule has 0 aliphatic heterocycles. The van der Waals surface area contributed by atoms with Crippen LogP contribution < -0.4 is 5.73 Å². The summed E-state index contributed by atoms with van der Waals surface area (Å²) in [4.78, 5) is 14.7. The van der Waals surface area contributed by atoms with Gasteiger partial charge in [0.25, 0.3) is 0 Å². The first kappa shape index (κ1) is 17.3. The van der Waals surface area contributed by atoms with Crippen molar-refractivity contribution < 1.29 is 4.79 Å². The number of benzene rings is 1. The molecule has 0 saturated heterocycles. The van der Waals surface area contributed by atoms with E-state index in [1.54, 1.807) is 0 Å². The Morgan fingerprint density at radius 1 is 1.35 bits per heavy atom. The third kappa shape index (κ3) is 2.80. The van der Waals surface area contributed by atoms with Gasteiger partial charge in [0, 0.05) is 18.1 Å². The molecule has 0 aromatic heterocycles. The molecule has 1 aromatic rings. The van der Waals surface area contributed by atoms with Crippen LogP contribution in [0.4, 0.5) is 0 Å². The average molecular weight is 317 g/mol. The van der Waals surface area contributed by atoms with Crippen molar-refractivity contribution >= 4 is 29.9 Å². The van der Waals surface area contributed by atoms with Crippen LogP contribution in [0.2, 0.25) is 5.02 Å². The number of nitrogens with zero attached hydrogens (tertiary/aromatic N) is 1. The second-order valence-corrected chi connectivity index (χ2v) is 5.53. The zero-order chi connectivity index (χ0) is 14.0. The lowest BCUT2D eigenvalue weighted by Gasteiger charge is -2.26. The van der Waals surface area contributed by atoms with Crippen molar-refractivity contribution in [1.29, 1.82) is 0 Å². The van der Waals surface area contributed by atoms with Gasteiger partial charge >= 0.3 is 0 Å². The molecule has 0 heterocycles. The van der Waals surface area contributed by atoms with Crippen LogP contribution >= 0.6 is 24.0 Å². The van der Waals surface area contributed by atoms with Crippen LogP contribution in [0.15, 0.2) is 24.3 Å². The Morgan fingerprint density at radius 2 is 1.90 bits per heavy atom. The van der Waals surface area contributed by atoms with E-state index in [4.69, 9.17) is 17.3 Å². The quantitative estimate of drug-likeness (QED) is 0.908. The molecule has 1 amide bonds. The fourth-order valence-corrected chi connectivity index (χ4v) is 3.02. The van der Waals surface area contributed by atoms with Crippen LogP contribution in [-0.4, -0.2) is 30.4 Å². The second-order valence-electron chi connectivity index (χ2n) is 5.09. The summed E-state index contributed by atoms with van der Waals surface area (Å²) in [6.07, 6.45) is 0.848. The first-order chi connectivity index (χ1) is 9.09. The Morgan fingerprint density at radius 3 is 2.30 bits per heavy atom. The van der Waals surface area contributed by atoms with Crippen LogP contribution in [-0.2, 0) is 10.2 Å². The van der Waals surface area contributed by atoms with Crippen LogP contribution in [0.25, 0.3) is 0 Å². The number of amides is 1. The molecular weight excluding hydrogens is 295 g/mol. The first-order valence-electron chi connectivity index (χ1n) is 6.85. The largest absolute Gasteiger partial charge is 0.342 e. The SMILES string of the molecule is CCN(CC)C(=O)[C@]1(c2ccc(Cl)cc2)CC1CN.Cl. The summed E-state index contributed by atoms with van der Waals surface area (Å²) in [5, 5.41) is 0.694. The van der Waals surface area contributed by atoms with Crippen LogP contribution in [0.3, 0.4) is 0 Å². The molecule has 1 saturated carbocycles. The summed E-state index contributed by atoms with van der Waals surface area (Å²) < 4.78 is 0. The minimum Gasteiger partial charge on any atom is -0.342 e. The molecule has 1 aliphatic carbocycles. The highest BCUT2D eigenvalue weighted by molar-refractivity contribution is 6.30. The maximum Gasteiger partial charge on any atom is 0.233 e. The predicted octanol–water partition coefficient (Wildman–Crippen LogP) is 2.85. The van der Waals surface area contributed by atoms with E-state index in [0.717, 1.165) is 25.1 Å². The number of rotatable bonds is 5. The maximum absolute atomic E-state index is 12.8. The van der Waals surface area contributed by atoms with Gasteiger partial charge < -0.3 is 10.6 Å². The molecule has 0 bridgehead atoms. The molecule has 112 valence electrons. The molecule has 1 unspecified atom stereocenters. The van der Waals surface area contributed by atoms with Crippen LogP contribution in [0, 0.1) is 5.92 Å². The molecular formula is C15H22Cl2N2O. The Hall–Kier alpha value is -0.770. The summed E-state index contributed by atoms with van der Waals surface area (Å²) in [7, 11) is 0. The summed E-state index contributed by atoms with van der Waals surface area (Å²) >= 11 is 5.93. The van der Waals surface area contributed by atoms with Crippen molar-refractivity contribution in [3.05, 3.63) is 34.9 Å². The average Bonchev–Trinajstić information content (AvgIpc) is 3.16. The van der Waals surface area contributed by atoms with Gasteiger partial charge in [0.1, 0.15) is 0 Å². The Balaban J connectivity index is 0.00000200. The molecule has 5 heteroatoms. The number of hydrogen-bond acceptors (Lipinski definition) is 2. The summed E-state index contributed by atoms with van der Waals surface area (Å²) in [5.41, 5.74) is 6.43. The molecule has 1 fully saturated rings. The Labute approximate surface area is 131 Å². The third-order valence-electron chi connectivity index (χ3n) is 4.18. The zero-order valence-corrected chi connectivity index (χ0v) is 13.5. The number of hydrogen-bond donors (Lipinski definition) is 1. The normalized spacial score (nSPS) is 23.9. The van der Waals surface area contributed by atoms with E-state index >= 15 is 0 Å². The smallest absolute Gasteiger partial charge is 0.233 e. The Bertz CT molecular complexity index is 459. The number of halogens is 2. The highest BCUT2D eigenvalue weighted by Gasteiger charge is 2.61. The molecule has 3 nitrogen and oxygen atoms in total. The molecule has 1 aliphatic rings. The molecule has 20 heavy (non-hydrogen) atoms. The van der Waals surface area contributed by atoms with E-state index < -0.39 is 5.41 Å². The monoisotopic (exact) mass is 316 g/mol. The number of likely N-dealkylation sites (N-methyl/N-ethyl adjacent to an activating group) is 1. The topological polar surface area (TPSA) is 46.3 Å². The van der Waals surface area contributed by atoms with Crippen LogP contribution in [0.1, 0.15) is 25.8 Å². The minimum absolute atomic E-state index is 0. The lowest BCUT2D eigenvalue weighted by atomic mass is 9.91. The summed E-state index contributed by atoms with van der Waals surface area (Å²) in [5.74, 6) is 0.456. The van der Waals surface area contributed by atoms with Crippen molar-refractivity contribution in [3.63, 3.8) is 0 Å². The molecule has 2 rings (SSSR count). The van der Waals surface area contributed by atoms with E-state index in [0.29, 0.717) is 11.6 Å². The summed E-state index contributed by atoms with van der Waals surface area (Å²) in [6, 6.07) is 7.61.